The fourth-order valence-corrected chi connectivity index (χ4v) is 4.19. The van der Waals surface area contributed by atoms with Crippen molar-refractivity contribution in [1.82, 2.24) is 4.57 Å². The van der Waals surface area contributed by atoms with Crippen molar-refractivity contribution in [3.8, 4) is 0 Å². The van der Waals surface area contributed by atoms with Gasteiger partial charge in [-0.1, -0.05) is 18.9 Å². The van der Waals surface area contributed by atoms with Crippen LogP contribution in [-0.2, 0) is 0 Å². The Morgan fingerprint density at radius 1 is 1.32 bits per heavy atom. The lowest BCUT2D eigenvalue weighted by atomic mass is 9.68. The number of aromatic nitrogens is 1. The lowest BCUT2D eigenvalue weighted by molar-refractivity contribution is 0.0160. The maximum atomic E-state index is 12.4. The quantitative estimate of drug-likeness (QED) is 0.844. The molecule has 1 N–H and O–H groups in total. The van der Waals surface area contributed by atoms with Crippen LogP contribution in [0, 0.1) is 12.3 Å². The van der Waals surface area contributed by atoms with Gasteiger partial charge in [0.05, 0.1) is 6.10 Å². The van der Waals surface area contributed by atoms with E-state index in [4.69, 9.17) is 0 Å². The highest BCUT2D eigenvalue weighted by Crippen LogP contribution is 2.54. The Bertz CT molecular complexity index is 514. The minimum atomic E-state index is -0.247. The summed E-state index contributed by atoms with van der Waals surface area (Å²) in [6.07, 6.45) is 9.34. The van der Waals surface area contributed by atoms with Crippen molar-refractivity contribution in [2.24, 2.45) is 5.41 Å². The molecule has 1 aromatic rings. The first-order chi connectivity index (χ1) is 9.12. The molecule has 2 atom stereocenters. The first-order valence-corrected chi connectivity index (χ1v) is 7.48. The van der Waals surface area contributed by atoms with E-state index < -0.39 is 0 Å². The SMILES string of the molecule is Cc1cccn(C2CC(O)CCC23CCCC3)c1=O. The van der Waals surface area contributed by atoms with Gasteiger partial charge in [-0.2, -0.15) is 0 Å². The van der Waals surface area contributed by atoms with Gasteiger partial charge in [0.25, 0.3) is 5.56 Å². The minimum Gasteiger partial charge on any atom is -0.393 e. The van der Waals surface area contributed by atoms with E-state index in [1.807, 2.05) is 29.8 Å². The molecule has 1 heterocycles. The maximum absolute atomic E-state index is 12.4. The summed E-state index contributed by atoms with van der Waals surface area (Å²) >= 11 is 0. The van der Waals surface area contributed by atoms with Crippen molar-refractivity contribution in [1.29, 1.82) is 0 Å². The summed E-state index contributed by atoms with van der Waals surface area (Å²) in [5.74, 6) is 0. The molecule has 3 rings (SSSR count). The van der Waals surface area contributed by atoms with E-state index in [0.717, 1.165) is 24.8 Å². The molecule has 3 heteroatoms. The normalized spacial score (nSPS) is 29.8. The fraction of sp³-hybridized carbons (Fsp3) is 0.688. The number of hydrogen-bond acceptors (Lipinski definition) is 2. The van der Waals surface area contributed by atoms with E-state index in [1.165, 1.54) is 25.7 Å². The molecule has 0 aromatic carbocycles. The number of rotatable bonds is 1. The van der Waals surface area contributed by atoms with Gasteiger partial charge >= 0.3 is 0 Å². The van der Waals surface area contributed by atoms with Crippen LogP contribution in [0.4, 0.5) is 0 Å². The van der Waals surface area contributed by atoms with Gasteiger partial charge in [0, 0.05) is 17.8 Å². The number of hydrogen-bond donors (Lipinski definition) is 1. The van der Waals surface area contributed by atoms with Crippen molar-refractivity contribution < 1.29 is 5.11 Å². The lowest BCUT2D eigenvalue weighted by Crippen LogP contribution is -2.42. The maximum Gasteiger partial charge on any atom is 0.253 e. The molecule has 104 valence electrons. The van der Waals surface area contributed by atoms with Gasteiger partial charge in [0.2, 0.25) is 0 Å². The molecule has 2 fully saturated rings. The van der Waals surface area contributed by atoms with E-state index in [0.29, 0.717) is 0 Å². The second-order valence-electron chi connectivity index (χ2n) is 6.42. The minimum absolute atomic E-state index is 0.118. The predicted octanol–water partition coefficient (Wildman–Crippen LogP) is 2.80. The smallest absolute Gasteiger partial charge is 0.253 e. The molecule has 0 saturated heterocycles. The van der Waals surface area contributed by atoms with Crippen LogP contribution in [0.5, 0.6) is 0 Å². The highest BCUT2D eigenvalue weighted by molar-refractivity contribution is 5.11. The average molecular weight is 261 g/mol. The molecular weight excluding hydrogens is 238 g/mol. The summed E-state index contributed by atoms with van der Waals surface area (Å²) < 4.78 is 1.91. The highest BCUT2D eigenvalue weighted by Gasteiger charge is 2.45. The summed E-state index contributed by atoms with van der Waals surface area (Å²) in [7, 11) is 0. The van der Waals surface area contributed by atoms with Gasteiger partial charge in [-0.3, -0.25) is 4.79 Å². The summed E-state index contributed by atoms with van der Waals surface area (Å²) in [6.45, 7) is 1.87. The molecule has 0 radical (unpaired) electrons. The Hall–Kier alpha value is -1.09. The first-order valence-electron chi connectivity index (χ1n) is 7.48. The zero-order valence-corrected chi connectivity index (χ0v) is 11.6. The lowest BCUT2D eigenvalue weighted by Gasteiger charge is -2.44. The summed E-state index contributed by atoms with van der Waals surface area (Å²) in [6, 6.07) is 4.02. The Kier molecular flexibility index (Phi) is 3.25. The monoisotopic (exact) mass is 261 g/mol. The number of aliphatic hydroxyl groups excluding tert-OH is 1. The standard InChI is InChI=1S/C16H23NO2/c1-12-5-4-10-17(15(12)19)14-11-13(18)6-9-16(14)7-2-3-8-16/h4-5,10,13-14,18H,2-3,6-9,11H2,1H3. The van der Waals surface area contributed by atoms with Gasteiger partial charge in [0.15, 0.2) is 0 Å². The Labute approximate surface area is 114 Å². The van der Waals surface area contributed by atoms with E-state index in [-0.39, 0.29) is 23.1 Å². The average Bonchev–Trinajstić information content (AvgIpc) is 2.86. The van der Waals surface area contributed by atoms with Crippen LogP contribution < -0.4 is 5.56 Å². The van der Waals surface area contributed by atoms with Crippen LogP contribution in [-0.4, -0.2) is 15.8 Å². The topological polar surface area (TPSA) is 42.2 Å². The van der Waals surface area contributed by atoms with Crippen molar-refractivity contribution >= 4 is 0 Å². The van der Waals surface area contributed by atoms with Crippen molar-refractivity contribution in [3.05, 3.63) is 34.2 Å². The third-order valence-electron chi connectivity index (χ3n) is 5.28. The van der Waals surface area contributed by atoms with Gasteiger partial charge in [-0.15, -0.1) is 0 Å². The van der Waals surface area contributed by atoms with Gasteiger partial charge in [-0.25, -0.2) is 0 Å². The van der Waals surface area contributed by atoms with Gasteiger partial charge < -0.3 is 9.67 Å². The Morgan fingerprint density at radius 2 is 2.05 bits per heavy atom. The van der Waals surface area contributed by atoms with Crippen molar-refractivity contribution in [2.75, 3.05) is 0 Å². The Morgan fingerprint density at radius 3 is 2.79 bits per heavy atom. The van der Waals surface area contributed by atoms with E-state index in [9.17, 15) is 9.90 Å². The summed E-state index contributed by atoms with van der Waals surface area (Å²) in [4.78, 5) is 12.4. The van der Waals surface area contributed by atoms with Crippen LogP contribution in [0.1, 0.15) is 56.6 Å². The molecule has 0 aliphatic heterocycles. The third kappa shape index (κ3) is 2.14. The van der Waals surface area contributed by atoms with Gasteiger partial charge in [-0.05, 0) is 50.5 Å². The first kappa shape index (κ1) is 12.9. The van der Waals surface area contributed by atoms with Crippen LogP contribution in [0.3, 0.4) is 0 Å². The molecule has 1 spiro atoms. The van der Waals surface area contributed by atoms with Crippen LogP contribution in [0.15, 0.2) is 23.1 Å². The molecule has 3 nitrogen and oxygen atoms in total. The largest absolute Gasteiger partial charge is 0.393 e. The molecule has 2 aliphatic carbocycles. The number of pyridine rings is 1. The molecule has 0 amide bonds. The molecule has 2 saturated carbocycles. The fourth-order valence-electron chi connectivity index (χ4n) is 4.19. The van der Waals surface area contributed by atoms with E-state index in [1.54, 1.807) is 0 Å². The predicted molar refractivity (Wildman–Crippen MR) is 75.2 cm³/mol. The summed E-state index contributed by atoms with van der Waals surface area (Å²) in [5.41, 5.74) is 1.18. The second-order valence-corrected chi connectivity index (χ2v) is 6.42. The van der Waals surface area contributed by atoms with Crippen LogP contribution in [0.25, 0.3) is 0 Å². The summed E-state index contributed by atoms with van der Waals surface area (Å²) in [5, 5.41) is 10.0. The molecule has 2 aliphatic rings. The zero-order valence-electron chi connectivity index (χ0n) is 11.6. The second kappa shape index (κ2) is 4.78. The number of aryl methyl sites for hydroxylation is 1. The van der Waals surface area contributed by atoms with E-state index in [2.05, 4.69) is 0 Å². The van der Waals surface area contributed by atoms with E-state index >= 15 is 0 Å². The molecule has 0 bridgehead atoms. The Balaban J connectivity index is 2.03. The highest BCUT2D eigenvalue weighted by atomic mass is 16.3. The molecule has 2 unspecified atom stereocenters. The van der Waals surface area contributed by atoms with Gasteiger partial charge in [0.1, 0.15) is 0 Å². The van der Waals surface area contributed by atoms with Crippen molar-refractivity contribution in [2.45, 2.75) is 64.0 Å². The number of aliphatic hydroxyl groups is 1. The van der Waals surface area contributed by atoms with Crippen LogP contribution >= 0.6 is 0 Å². The van der Waals surface area contributed by atoms with Crippen LogP contribution in [0.2, 0.25) is 0 Å². The molecule has 1 aromatic heterocycles. The number of nitrogens with zero attached hydrogens (tertiary/aromatic N) is 1. The third-order valence-corrected chi connectivity index (χ3v) is 5.28. The molecule has 19 heavy (non-hydrogen) atoms. The van der Waals surface area contributed by atoms with Crippen molar-refractivity contribution in [3.63, 3.8) is 0 Å². The zero-order chi connectivity index (χ0) is 13.5. The molecular formula is C16H23NO2.